The Bertz CT molecular complexity index is 238. The van der Waals surface area contributed by atoms with Gasteiger partial charge in [0.1, 0.15) is 0 Å². The maximum absolute atomic E-state index is 11.4. The van der Waals surface area contributed by atoms with E-state index >= 15 is 0 Å². The molecular weight excluding hydrogens is 172 g/mol. The minimum Gasteiger partial charge on any atom is -0.295 e. The van der Waals surface area contributed by atoms with Gasteiger partial charge in [0.2, 0.25) is 0 Å². The van der Waals surface area contributed by atoms with Crippen molar-refractivity contribution >= 4 is 5.78 Å². The Morgan fingerprint density at radius 3 is 2.43 bits per heavy atom. The van der Waals surface area contributed by atoms with E-state index in [-0.39, 0.29) is 0 Å². The molecule has 0 amide bonds. The van der Waals surface area contributed by atoms with Crippen molar-refractivity contribution in [2.45, 2.75) is 59.3 Å². The summed E-state index contributed by atoms with van der Waals surface area (Å²) in [5.74, 6) is 0.947. The molecule has 1 nitrogen and oxygen atoms in total. The molecule has 80 valence electrons. The van der Waals surface area contributed by atoms with Crippen LogP contribution in [-0.4, -0.2) is 5.78 Å². The summed E-state index contributed by atoms with van der Waals surface area (Å²) < 4.78 is 0. The second kappa shape index (κ2) is 5.33. The molecule has 0 aromatic rings. The van der Waals surface area contributed by atoms with Crippen LogP contribution in [0.25, 0.3) is 0 Å². The Morgan fingerprint density at radius 2 is 1.93 bits per heavy atom. The van der Waals surface area contributed by atoms with E-state index in [1.165, 1.54) is 37.7 Å². The van der Waals surface area contributed by atoms with Gasteiger partial charge in [-0.15, -0.1) is 0 Å². The van der Waals surface area contributed by atoms with Gasteiger partial charge in [-0.1, -0.05) is 38.2 Å². The van der Waals surface area contributed by atoms with Crippen molar-refractivity contribution in [1.29, 1.82) is 0 Å². The first-order valence-corrected chi connectivity index (χ1v) is 5.87. The zero-order valence-corrected chi connectivity index (χ0v) is 9.73. The van der Waals surface area contributed by atoms with Crippen LogP contribution in [0.3, 0.4) is 0 Å². The fourth-order valence-electron chi connectivity index (χ4n) is 2.19. The predicted octanol–water partition coefficient (Wildman–Crippen LogP) is 3.88. The fraction of sp³-hybridized carbons (Fsp3) is 0.769. The molecule has 0 aromatic carbocycles. The van der Waals surface area contributed by atoms with Crippen LogP contribution in [0, 0.1) is 5.92 Å². The van der Waals surface area contributed by atoms with Crippen molar-refractivity contribution in [3.05, 3.63) is 11.1 Å². The normalized spacial score (nSPS) is 22.2. The molecule has 14 heavy (non-hydrogen) atoms. The molecular formula is C13H22O. The summed E-state index contributed by atoms with van der Waals surface area (Å²) in [6.07, 6.45) is 7.24. The SMILES string of the molecule is CCCCCCC1CC(=O)C(C)=C1C. The number of Topliss-reactive ketones (excluding diaryl/α,β-unsaturated/α-hetero) is 1. The van der Waals surface area contributed by atoms with Gasteiger partial charge in [0.15, 0.2) is 5.78 Å². The van der Waals surface area contributed by atoms with Crippen LogP contribution in [0.2, 0.25) is 0 Å². The van der Waals surface area contributed by atoms with E-state index in [2.05, 4.69) is 13.8 Å². The number of rotatable bonds is 5. The van der Waals surface area contributed by atoms with Gasteiger partial charge in [-0.25, -0.2) is 0 Å². The van der Waals surface area contributed by atoms with E-state index < -0.39 is 0 Å². The van der Waals surface area contributed by atoms with E-state index in [9.17, 15) is 4.79 Å². The van der Waals surface area contributed by atoms with Crippen molar-refractivity contribution in [2.75, 3.05) is 0 Å². The van der Waals surface area contributed by atoms with Crippen molar-refractivity contribution in [2.24, 2.45) is 5.92 Å². The van der Waals surface area contributed by atoms with Crippen molar-refractivity contribution in [3.63, 3.8) is 0 Å². The largest absolute Gasteiger partial charge is 0.295 e. The zero-order valence-electron chi connectivity index (χ0n) is 9.73. The van der Waals surface area contributed by atoms with Gasteiger partial charge in [0.25, 0.3) is 0 Å². The maximum atomic E-state index is 11.4. The minimum absolute atomic E-state index is 0.378. The number of hydrogen-bond donors (Lipinski definition) is 0. The average Bonchev–Trinajstić information content (AvgIpc) is 2.41. The summed E-state index contributed by atoms with van der Waals surface area (Å²) in [6.45, 7) is 6.34. The van der Waals surface area contributed by atoms with Crippen LogP contribution in [0.1, 0.15) is 59.3 Å². The second-order valence-electron chi connectivity index (χ2n) is 4.48. The molecule has 0 fully saturated rings. The molecule has 1 rings (SSSR count). The summed E-state index contributed by atoms with van der Waals surface area (Å²) in [5, 5.41) is 0. The highest BCUT2D eigenvalue weighted by molar-refractivity contribution is 5.98. The Morgan fingerprint density at radius 1 is 1.21 bits per heavy atom. The molecule has 0 aliphatic heterocycles. The van der Waals surface area contributed by atoms with Gasteiger partial charge in [0, 0.05) is 6.42 Å². The smallest absolute Gasteiger partial charge is 0.159 e. The van der Waals surface area contributed by atoms with Gasteiger partial charge < -0.3 is 0 Å². The first kappa shape index (κ1) is 11.5. The fourth-order valence-corrected chi connectivity index (χ4v) is 2.19. The van der Waals surface area contributed by atoms with Crippen molar-refractivity contribution < 1.29 is 4.79 Å². The number of unbranched alkanes of at least 4 members (excludes halogenated alkanes) is 3. The van der Waals surface area contributed by atoms with Crippen LogP contribution in [-0.2, 0) is 4.79 Å². The molecule has 1 aliphatic rings. The predicted molar refractivity (Wildman–Crippen MR) is 60.2 cm³/mol. The molecule has 1 atom stereocenters. The van der Waals surface area contributed by atoms with Crippen LogP contribution >= 0.6 is 0 Å². The highest BCUT2D eigenvalue weighted by atomic mass is 16.1. The van der Waals surface area contributed by atoms with Crippen LogP contribution in [0.4, 0.5) is 0 Å². The van der Waals surface area contributed by atoms with Gasteiger partial charge in [-0.3, -0.25) is 4.79 Å². The van der Waals surface area contributed by atoms with E-state index in [4.69, 9.17) is 0 Å². The van der Waals surface area contributed by atoms with Gasteiger partial charge in [0.05, 0.1) is 0 Å². The van der Waals surface area contributed by atoms with E-state index in [1.54, 1.807) is 0 Å². The lowest BCUT2D eigenvalue weighted by Gasteiger charge is -2.10. The first-order chi connectivity index (χ1) is 6.66. The third-order valence-electron chi connectivity index (χ3n) is 3.46. The van der Waals surface area contributed by atoms with Crippen LogP contribution in [0.15, 0.2) is 11.1 Å². The Balaban J connectivity index is 2.30. The molecule has 0 saturated carbocycles. The Labute approximate surface area is 87.6 Å². The highest BCUT2D eigenvalue weighted by Crippen LogP contribution is 2.32. The summed E-state index contributed by atoms with van der Waals surface area (Å²) in [7, 11) is 0. The van der Waals surface area contributed by atoms with Gasteiger partial charge >= 0.3 is 0 Å². The van der Waals surface area contributed by atoms with Crippen molar-refractivity contribution in [3.8, 4) is 0 Å². The molecule has 0 spiro atoms. The van der Waals surface area contributed by atoms with Crippen molar-refractivity contribution in [1.82, 2.24) is 0 Å². The summed E-state index contributed by atoms with van der Waals surface area (Å²) in [5.41, 5.74) is 2.39. The molecule has 0 bridgehead atoms. The third-order valence-corrected chi connectivity index (χ3v) is 3.46. The van der Waals surface area contributed by atoms with E-state index in [1.807, 2.05) is 6.92 Å². The average molecular weight is 194 g/mol. The Hall–Kier alpha value is -0.590. The zero-order chi connectivity index (χ0) is 10.6. The molecule has 0 aromatic heterocycles. The summed E-state index contributed by atoms with van der Waals surface area (Å²) in [6, 6.07) is 0. The van der Waals surface area contributed by atoms with Gasteiger partial charge in [-0.2, -0.15) is 0 Å². The number of carbonyl (C=O) groups excluding carboxylic acids is 1. The molecule has 1 unspecified atom stereocenters. The van der Waals surface area contributed by atoms with E-state index in [0.29, 0.717) is 11.7 Å². The summed E-state index contributed by atoms with van der Waals surface area (Å²) >= 11 is 0. The van der Waals surface area contributed by atoms with Gasteiger partial charge in [-0.05, 0) is 31.8 Å². The lowest BCUT2D eigenvalue weighted by molar-refractivity contribution is -0.115. The monoisotopic (exact) mass is 194 g/mol. The third kappa shape index (κ3) is 2.70. The molecule has 0 radical (unpaired) electrons. The quantitative estimate of drug-likeness (QED) is 0.607. The van der Waals surface area contributed by atoms with E-state index in [0.717, 1.165) is 12.0 Å². The number of allylic oxidation sites excluding steroid dienone is 2. The molecule has 0 heterocycles. The molecule has 0 N–H and O–H groups in total. The molecule has 0 saturated heterocycles. The highest BCUT2D eigenvalue weighted by Gasteiger charge is 2.25. The topological polar surface area (TPSA) is 17.1 Å². The summed E-state index contributed by atoms with van der Waals surface area (Å²) in [4.78, 5) is 11.4. The second-order valence-corrected chi connectivity index (χ2v) is 4.48. The lowest BCUT2D eigenvalue weighted by atomic mass is 9.95. The number of carbonyl (C=O) groups is 1. The maximum Gasteiger partial charge on any atom is 0.159 e. The Kier molecular flexibility index (Phi) is 4.37. The number of ketones is 1. The van der Waals surface area contributed by atoms with Crippen LogP contribution in [0.5, 0.6) is 0 Å². The molecule has 1 heteroatoms. The standard InChI is InChI=1S/C13H22O/c1-4-5-6-7-8-12-9-13(14)11(3)10(12)2/h12H,4-9H2,1-3H3. The van der Waals surface area contributed by atoms with Crippen LogP contribution < -0.4 is 0 Å². The minimum atomic E-state index is 0.378. The first-order valence-electron chi connectivity index (χ1n) is 5.87. The lowest BCUT2D eigenvalue weighted by Crippen LogP contribution is -1.99. The number of hydrogen-bond acceptors (Lipinski definition) is 1. The molecule has 1 aliphatic carbocycles.